The first-order chi connectivity index (χ1) is 14.6. The average molecular weight is 421 g/mol. The van der Waals surface area contributed by atoms with Crippen molar-refractivity contribution in [3.63, 3.8) is 0 Å². The van der Waals surface area contributed by atoms with E-state index in [2.05, 4.69) is 6.58 Å². The highest BCUT2D eigenvalue weighted by Gasteiger charge is 2.26. The number of unbranched alkanes of at least 4 members (excludes halogenated alkanes) is 3. The topological polar surface area (TPSA) is 91.3 Å². The summed E-state index contributed by atoms with van der Waals surface area (Å²) in [6, 6.07) is 7.27. The van der Waals surface area contributed by atoms with Crippen LogP contribution in [0, 0.1) is 11.8 Å². The predicted octanol–water partition coefficient (Wildman–Crippen LogP) is 4.56. The van der Waals surface area contributed by atoms with Gasteiger partial charge in [0.25, 0.3) is 0 Å². The zero-order valence-corrected chi connectivity index (χ0v) is 17.4. The molecule has 1 aliphatic carbocycles. The van der Waals surface area contributed by atoms with Gasteiger partial charge in [-0.3, -0.25) is 4.79 Å². The molecule has 1 fully saturated rings. The summed E-state index contributed by atoms with van der Waals surface area (Å²) < 4.78 is 10.6. The fraction of sp³-hybridized carbons (Fsp3) is 0.565. The highest BCUT2D eigenvalue weighted by atomic mass is 17.2. The molecule has 0 amide bonds. The second kappa shape index (κ2) is 13.6. The molecule has 0 bridgehead atoms. The first-order valence-corrected chi connectivity index (χ1v) is 10.6. The number of rotatable bonds is 14. The summed E-state index contributed by atoms with van der Waals surface area (Å²) in [4.78, 5) is 32.5. The number of esters is 1. The van der Waals surface area contributed by atoms with E-state index in [1.54, 1.807) is 12.1 Å². The third-order valence-corrected chi connectivity index (χ3v) is 5.20. The Labute approximate surface area is 177 Å². The summed E-state index contributed by atoms with van der Waals surface area (Å²) >= 11 is 0. The number of carboxylic acid groups (broad SMARTS) is 1. The molecule has 7 heteroatoms. The van der Waals surface area contributed by atoms with E-state index in [-0.39, 0.29) is 11.9 Å². The summed E-state index contributed by atoms with van der Waals surface area (Å²) in [5, 5.41) is 9.02. The van der Waals surface area contributed by atoms with Crippen LogP contribution >= 0.6 is 0 Å². The monoisotopic (exact) mass is 420 g/mol. The molecule has 0 aliphatic heterocycles. The van der Waals surface area contributed by atoms with Crippen molar-refractivity contribution in [2.24, 2.45) is 11.8 Å². The molecule has 0 atom stereocenters. The van der Waals surface area contributed by atoms with Gasteiger partial charge in [0.15, 0.2) is 5.75 Å². The second-order valence-electron chi connectivity index (χ2n) is 7.53. The van der Waals surface area contributed by atoms with Crippen LogP contribution in [-0.4, -0.2) is 36.9 Å². The first kappa shape index (κ1) is 23.7. The summed E-state index contributed by atoms with van der Waals surface area (Å²) in [5.41, 5.74) is 0. The van der Waals surface area contributed by atoms with E-state index >= 15 is 0 Å². The van der Waals surface area contributed by atoms with Crippen molar-refractivity contribution < 1.29 is 33.9 Å². The Morgan fingerprint density at radius 3 is 2.23 bits per heavy atom. The molecule has 2 rings (SSSR count). The van der Waals surface area contributed by atoms with E-state index in [9.17, 15) is 9.59 Å². The maximum absolute atomic E-state index is 11.0. The van der Waals surface area contributed by atoms with E-state index in [4.69, 9.17) is 24.4 Å². The number of hydrogen-bond donors (Lipinski definition) is 1. The molecule has 30 heavy (non-hydrogen) atoms. The lowest BCUT2D eigenvalue weighted by Crippen LogP contribution is -2.24. The highest BCUT2D eigenvalue weighted by molar-refractivity contribution is 5.81. The predicted molar refractivity (Wildman–Crippen MR) is 111 cm³/mol. The SMILES string of the molecule is C=CC(=O)OCCCCCCOc1ccc(OOCC2CCC(C(=O)O)CC2)cc1. The van der Waals surface area contributed by atoms with Crippen LogP contribution in [0.15, 0.2) is 36.9 Å². The van der Waals surface area contributed by atoms with Gasteiger partial charge in [0.1, 0.15) is 5.75 Å². The molecular weight excluding hydrogens is 388 g/mol. The van der Waals surface area contributed by atoms with Gasteiger partial charge in [-0.2, -0.15) is 4.89 Å². The van der Waals surface area contributed by atoms with E-state index in [0.717, 1.165) is 44.3 Å². The highest BCUT2D eigenvalue weighted by Crippen LogP contribution is 2.29. The van der Waals surface area contributed by atoms with Crippen LogP contribution in [0.25, 0.3) is 0 Å². The lowest BCUT2D eigenvalue weighted by atomic mass is 9.82. The summed E-state index contributed by atoms with van der Waals surface area (Å²) in [7, 11) is 0. The van der Waals surface area contributed by atoms with Crippen LogP contribution in [-0.2, 0) is 19.2 Å². The van der Waals surface area contributed by atoms with Crippen LogP contribution in [0.2, 0.25) is 0 Å². The Bertz CT molecular complexity index is 648. The molecule has 0 saturated heterocycles. The molecule has 0 radical (unpaired) electrons. The molecule has 1 aromatic rings. The Hall–Kier alpha value is -2.54. The summed E-state index contributed by atoms with van der Waals surface area (Å²) in [6.07, 6.45) is 8.06. The minimum Gasteiger partial charge on any atom is -0.494 e. The van der Waals surface area contributed by atoms with Crippen molar-refractivity contribution in [3.8, 4) is 11.5 Å². The van der Waals surface area contributed by atoms with Crippen LogP contribution in [0.4, 0.5) is 0 Å². The molecule has 7 nitrogen and oxygen atoms in total. The van der Waals surface area contributed by atoms with Gasteiger partial charge in [-0.05, 0) is 81.5 Å². The minimum atomic E-state index is -0.695. The Balaban J connectivity index is 1.50. The molecular formula is C23H32O7. The van der Waals surface area contributed by atoms with Crippen molar-refractivity contribution >= 4 is 11.9 Å². The minimum absolute atomic E-state index is 0.211. The fourth-order valence-corrected chi connectivity index (χ4v) is 3.35. The largest absolute Gasteiger partial charge is 0.494 e. The van der Waals surface area contributed by atoms with Crippen molar-refractivity contribution in [3.05, 3.63) is 36.9 Å². The number of benzene rings is 1. The zero-order chi connectivity index (χ0) is 21.6. The van der Waals surface area contributed by atoms with Gasteiger partial charge in [-0.1, -0.05) is 6.58 Å². The second-order valence-corrected chi connectivity index (χ2v) is 7.53. The zero-order valence-electron chi connectivity index (χ0n) is 17.4. The van der Waals surface area contributed by atoms with E-state index in [0.29, 0.717) is 44.3 Å². The third-order valence-electron chi connectivity index (χ3n) is 5.20. The molecule has 166 valence electrons. The normalized spacial score (nSPS) is 18.4. The summed E-state index contributed by atoms with van der Waals surface area (Å²) in [5.74, 6) is 0.442. The molecule has 1 saturated carbocycles. The van der Waals surface area contributed by atoms with Crippen molar-refractivity contribution in [2.75, 3.05) is 19.8 Å². The number of carbonyl (C=O) groups excluding carboxylic acids is 1. The Kier molecular flexibility index (Phi) is 10.8. The first-order valence-electron chi connectivity index (χ1n) is 10.6. The van der Waals surface area contributed by atoms with Crippen LogP contribution in [0.5, 0.6) is 11.5 Å². The quantitative estimate of drug-likeness (QED) is 0.155. The van der Waals surface area contributed by atoms with Gasteiger partial charge < -0.3 is 19.5 Å². The molecule has 0 unspecified atom stereocenters. The molecule has 0 aromatic heterocycles. The molecule has 0 spiro atoms. The van der Waals surface area contributed by atoms with Crippen molar-refractivity contribution in [1.82, 2.24) is 0 Å². The number of carbonyl (C=O) groups is 2. The average Bonchev–Trinajstić information content (AvgIpc) is 2.76. The van der Waals surface area contributed by atoms with Gasteiger partial charge in [-0.25, -0.2) is 4.79 Å². The maximum Gasteiger partial charge on any atom is 0.330 e. The Morgan fingerprint density at radius 2 is 1.60 bits per heavy atom. The van der Waals surface area contributed by atoms with E-state index < -0.39 is 5.97 Å². The van der Waals surface area contributed by atoms with Gasteiger partial charge >= 0.3 is 11.9 Å². The number of ether oxygens (including phenoxy) is 2. The standard InChI is InChI=1S/C23H32O7/c1-2-22(24)28-16-6-4-3-5-15-27-20-11-13-21(14-12-20)30-29-17-18-7-9-19(10-8-18)23(25)26/h2,11-14,18-19H,1,3-10,15-17H2,(H,25,26). The number of carboxylic acids is 1. The van der Waals surface area contributed by atoms with Gasteiger partial charge in [0.2, 0.25) is 0 Å². The maximum atomic E-state index is 11.0. The lowest BCUT2D eigenvalue weighted by Gasteiger charge is -2.25. The molecule has 0 heterocycles. The van der Waals surface area contributed by atoms with Crippen molar-refractivity contribution in [1.29, 1.82) is 0 Å². The number of aliphatic carboxylic acids is 1. The Morgan fingerprint density at radius 1 is 0.967 bits per heavy atom. The van der Waals surface area contributed by atoms with Crippen LogP contribution < -0.4 is 9.62 Å². The summed E-state index contributed by atoms with van der Waals surface area (Å²) in [6.45, 7) is 4.88. The molecule has 1 aromatic carbocycles. The van der Waals surface area contributed by atoms with Gasteiger partial charge in [0, 0.05) is 6.08 Å². The number of hydrogen-bond acceptors (Lipinski definition) is 6. The lowest BCUT2D eigenvalue weighted by molar-refractivity contribution is -0.218. The van der Waals surface area contributed by atoms with Gasteiger partial charge in [-0.15, -0.1) is 0 Å². The van der Waals surface area contributed by atoms with Crippen LogP contribution in [0.1, 0.15) is 51.4 Å². The smallest absolute Gasteiger partial charge is 0.330 e. The van der Waals surface area contributed by atoms with Crippen LogP contribution in [0.3, 0.4) is 0 Å². The van der Waals surface area contributed by atoms with Crippen molar-refractivity contribution in [2.45, 2.75) is 51.4 Å². The molecule has 1 aliphatic rings. The molecule has 1 N–H and O–H groups in total. The van der Waals surface area contributed by atoms with E-state index in [1.807, 2.05) is 12.1 Å². The fourth-order valence-electron chi connectivity index (χ4n) is 3.35. The van der Waals surface area contributed by atoms with E-state index in [1.165, 1.54) is 6.08 Å². The van der Waals surface area contributed by atoms with Gasteiger partial charge in [0.05, 0.1) is 25.7 Å². The third kappa shape index (κ3) is 9.31.